The van der Waals surface area contributed by atoms with Crippen LogP contribution < -0.4 is 11.1 Å². The molecule has 2 aromatic rings. The SMILES string of the molecule is Cc1cc(C)c(C(=O)NCCc2cccs2)cc1N. The summed E-state index contributed by atoms with van der Waals surface area (Å²) in [5.41, 5.74) is 9.14. The molecule has 0 aliphatic heterocycles. The first-order valence-electron chi connectivity index (χ1n) is 6.25. The summed E-state index contributed by atoms with van der Waals surface area (Å²) in [5.74, 6) is -0.0549. The van der Waals surface area contributed by atoms with Gasteiger partial charge in [0.25, 0.3) is 5.91 Å². The summed E-state index contributed by atoms with van der Waals surface area (Å²) in [4.78, 5) is 13.4. The Morgan fingerprint density at radius 2 is 2.11 bits per heavy atom. The lowest BCUT2D eigenvalue weighted by Gasteiger charge is -2.10. The molecule has 1 aromatic carbocycles. The van der Waals surface area contributed by atoms with E-state index >= 15 is 0 Å². The number of amides is 1. The van der Waals surface area contributed by atoms with Crippen LogP contribution in [-0.4, -0.2) is 12.5 Å². The Hall–Kier alpha value is -1.81. The van der Waals surface area contributed by atoms with Crippen LogP contribution in [0, 0.1) is 13.8 Å². The van der Waals surface area contributed by atoms with E-state index in [4.69, 9.17) is 5.73 Å². The van der Waals surface area contributed by atoms with Crippen molar-refractivity contribution in [3.8, 4) is 0 Å². The molecule has 19 heavy (non-hydrogen) atoms. The fraction of sp³-hybridized carbons (Fsp3) is 0.267. The molecule has 3 N–H and O–H groups in total. The number of nitrogens with two attached hydrogens (primary N) is 1. The molecule has 2 rings (SSSR count). The van der Waals surface area contributed by atoms with Gasteiger partial charge in [-0.3, -0.25) is 4.79 Å². The predicted octanol–water partition coefficient (Wildman–Crippen LogP) is 2.92. The molecular formula is C15H18N2OS. The molecule has 0 fully saturated rings. The Kier molecular flexibility index (Phi) is 4.22. The highest BCUT2D eigenvalue weighted by Crippen LogP contribution is 2.17. The zero-order valence-electron chi connectivity index (χ0n) is 11.2. The zero-order chi connectivity index (χ0) is 13.8. The molecule has 0 saturated carbocycles. The van der Waals surface area contributed by atoms with Gasteiger partial charge in [0, 0.05) is 22.7 Å². The van der Waals surface area contributed by atoms with Crippen molar-refractivity contribution in [1.82, 2.24) is 5.32 Å². The average Bonchev–Trinajstić information content (AvgIpc) is 2.86. The largest absolute Gasteiger partial charge is 0.398 e. The van der Waals surface area contributed by atoms with Gasteiger partial charge in [-0.2, -0.15) is 0 Å². The standard InChI is InChI=1S/C15H18N2OS/c1-10-8-11(2)14(16)9-13(10)15(18)17-6-5-12-4-3-7-19-12/h3-4,7-9H,5-6,16H2,1-2H3,(H,17,18). The second-order valence-corrected chi connectivity index (χ2v) is 5.64. The number of anilines is 1. The van der Waals surface area contributed by atoms with Gasteiger partial charge in [0.1, 0.15) is 0 Å². The van der Waals surface area contributed by atoms with Crippen LogP contribution in [0.15, 0.2) is 29.6 Å². The van der Waals surface area contributed by atoms with Crippen molar-refractivity contribution in [2.45, 2.75) is 20.3 Å². The maximum atomic E-state index is 12.1. The molecular weight excluding hydrogens is 256 g/mol. The molecule has 1 heterocycles. The number of nitrogen functional groups attached to an aromatic ring is 1. The first kappa shape index (κ1) is 13.6. The molecule has 4 heteroatoms. The molecule has 0 saturated heterocycles. The van der Waals surface area contributed by atoms with E-state index in [1.54, 1.807) is 17.4 Å². The molecule has 0 atom stereocenters. The molecule has 0 bridgehead atoms. The highest BCUT2D eigenvalue weighted by atomic mass is 32.1. The van der Waals surface area contributed by atoms with Crippen LogP contribution in [0.3, 0.4) is 0 Å². The lowest BCUT2D eigenvalue weighted by Crippen LogP contribution is -2.26. The van der Waals surface area contributed by atoms with Gasteiger partial charge >= 0.3 is 0 Å². The van der Waals surface area contributed by atoms with Crippen LogP contribution in [0.5, 0.6) is 0 Å². The molecule has 1 aromatic heterocycles. The highest BCUT2D eigenvalue weighted by Gasteiger charge is 2.10. The van der Waals surface area contributed by atoms with Gasteiger partial charge < -0.3 is 11.1 Å². The average molecular weight is 274 g/mol. The number of rotatable bonds is 4. The third-order valence-corrected chi connectivity index (χ3v) is 4.03. The van der Waals surface area contributed by atoms with Crippen molar-refractivity contribution in [2.75, 3.05) is 12.3 Å². The molecule has 0 spiro atoms. The van der Waals surface area contributed by atoms with Crippen LogP contribution >= 0.6 is 11.3 Å². The number of benzene rings is 1. The van der Waals surface area contributed by atoms with E-state index in [9.17, 15) is 4.79 Å². The first-order valence-corrected chi connectivity index (χ1v) is 7.13. The van der Waals surface area contributed by atoms with Crippen LogP contribution in [-0.2, 0) is 6.42 Å². The maximum Gasteiger partial charge on any atom is 0.251 e. The van der Waals surface area contributed by atoms with Gasteiger partial charge in [-0.15, -0.1) is 11.3 Å². The Bertz CT molecular complexity index is 576. The van der Waals surface area contributed by atoms with E-state index in [2.05, 4.69) is 11.4 Å². The number of aryl methyl sites for hydroxylation is 2. The Labute approximate surface area is 117 Å². The Morgan fingerprint density at radius 1 is 1.32 bits per heavy atom. The van der Waals surface area contributed by atoms with Crippen LogP contribution in [0.1, 0.15) is 26.4 Å². The number of hydrogen-bond donors (Lipinski definition) is 2. The topological polar surface area (TPSA) is 55.1 Å². The number of nitrogens with one attached hydrogen (secondary N) is 1. The van der Waals surface area contributed by atoms with Crippen LogP contribution in [0.25, 0.3) is 0 Å². The Balaban J connectivity index is 1.98. The van der Waals surface area contributed by atoms with E-state index in [1.807, 2.05) is 31.4 Å². The zero-order valence-corrected chi connectivity index (χ0v) is 12.0. The minimum Gasteiger partial charge on any atom is -0.398 e. The predicted molar refractivity (Wildman–Crippen MR) is 80.7 cm³/mol. The van der Waals surface area contributed by atoms with Crippen molar-refractivity contribution in [2.24, 2.45) is 0 Å². The van der Waals surface area contributed by atoms with Crippen LogP contribution in [0.4, 0.5) is 5.69 Å². The molecule has 3 nitrogen and oxygen atoms in total. The van der Waals surface area contributed by atoms with Gasteiger partial charge in [0.15, 0.2) is 0 Å². The van der Waals surface area contributed by atoms with Gasteiger partial charge in [-0.1, -0.05) is 12.1 Å². The summed E-state index contributed by atoms with van der Waals surface area (Å²) in [7, 11) is 0. The van der Waals surface area contributed by atoms with Crippen molar-refractivity contribution in [3.63, 3.8) is 0 Å². The lowest BCUT2D eigenvalue weighted by atomic mass is 10.0. The third kappa shape index (κ3) is 3.35. The molecule has 0 aliphatic carbocycles. The molecule has 0 aliphatic rings. The smallest absolute Gasteiger partial charge is 0.251 e. The fourth-order valence-corrected chi connectivity index (χ4v) is 2.67. The third-order valence-electron chi connectivity index (χ3n) is 3.09. The van der Waals surface area contributed by atoms with Crippen molar-refractivity contribution in [3.05, 3.63) is 51.2 Å². The quantitative estimate of drug-likeness (QED) is 0.842. The van der Waals surface area contributed by atoms with Crippen molar-refractivity contribution >= 4 is 22.9 Å². The van der Waals surface area contributed by atoms with E-state index < -0.39 is 0 Å². The van der Waals surface area contributed by atoms with E-state index in [-0.39, 0.29) is 5.91 Å². The van der Waals surface area contributed by atoms with E-state index in [1.165, 1.54) is 4.88 Å². The summed E-state index contributed by atoms with van der Waals surface area (Å²) in [5, 5.41) is 4.98. The first-order chi connectivity index (χ1) is 9.08. The minimum absolute atomic E-state index is 0.0549. The fourth-order valence-electron chi connectivity index (χ4n) is 1.96. The summed E-state index contributed by atoms with van der Waals surface area (Å²) in [6.07, 6.45) is 0.865. The van der Waals surface area contributed by atoms with E-state index in [0.717, 1.165) is 17.5 Å². The summed E-state index contributed by atoms with van der Waals surface area (Å²) in [6, 6.07) is 7.80. The molecule has 0 unspecified atom stereocenters. The molecule has 0 radical (unpaired) electrons. The van der Waals surface area contributed by atoms with Gasteiger partial charge in [-0.25, -0.2) is 0 Å². The summed E-state index contributed by atoms with van der Waals surface area (Å²) >= 11 is 1.71. The Morgan fingerprint density at radius 3 is 2.79 bits per heavy atom. The second-order valence-electron chi connectivity index (χ2n) is 4.61. The number of hydrogen-bond acceptors (Lipinski definition) is 3. The second kappa shape index (κ2) is 5.89. The molecule has 1 amide bonds. The maximum absolute atomic E-state index is 12.1. The lowest BCUT2D eigenvalue weighted by molar-refractivity contribution is 0.0953. The van der Waals surface area contributed by atoms with Crippen molar-refractivity contribution in [1.29, 1.82) is 0 Å². The number of carbonyl (C=O) groups is 1. The van der Waals surface area contributed by atoms with E-state index in [0.29, 0.717) is 17.8 Å². The van der Waals surface area contributed by atoms with Crippen LogP contribution in [0.2, 0.25) is 0 Å². The van der Waals surface area contributed by atoms with Gasteiger partial charge in [-0.05, 0) is 48.9 Å². The minimum atomic E-state index is -0.0549. The summed E-state index contributed by atoms with van der Waals surface area (Å²) in [6.45, 7) is 4.52. The molecule has 100 valence electrons. The summed E-state index contributed by atoms with van der Waals surface area (Å²) < 4.78 is 0. The number of carbonyl (C=O) groups excluding carboxylic acids is 1. The van der Waals surface area contributed by atoms with Gasteiger partial charge in [0.05, 0.1) is 0 Å². The van der Waals surface area contributed by atoms with Gasteiger partial charge in [0.2, 0.25) is 0 Å². The highest BCUT2D eigenvalue weighted by molar-refractivity contribution is 7.09. The monoisotopic (exact) mass is 274 g/mol. The van der Waals surface area contributed by atoms with Crippen molar-refractivity contribution < 1.29 is 4.79 Å². The number of thiophene rings is 1. The normalized spacial score (nSPS) is 10.4.